The van der Waals surface area contributed by atoms with E-state index in [4.69, 9.17) is 21.1 Å². The molecule has 0 heterocycles. The van der Waals surface area contributed by atoms with E-state index in [1.807, 2.05) is 0 Å². The predicted molar refractivity (Wildman–Crippen MR) is 85.6 cm³/mol. The van der Waals surface area contributed by atoms with Gasteiger partial charge >= 0.3 is 0 Å². The highest BCUT2D eigenvalue weighted by molar-refractivity contribution is 6.21. The molecule has 1 aromatic rings. The molecule has 0 saturated heterocycles. The van der Waals surface area contributed by atoms with E-state index >= 15 is 0 Å². The molecule has 1 aromatic carbocycles. The van der Waals surface area contributed by atoms with E-state index in [9.17, 15) is 4.79 Å². The predicted octanol–water partition coefficient (Wildman–Crippen LogP) is 3.48. The van der Waals surface area contributed by atoms with Crippen LogP contribution in [-0.4, -0.2) is 32.0 Å². The molecule has 21 heavy (non-hydrogen) atoms. The van der Waals surface area contributed by atoms with Crippen molar-refractivity contribution in [1.29, 1.82) is 0 Å². The van der Waals surface area contributed by atoms with Crippen molar-refractivity contribution < 1.29 is 14.3 Å². The minimum Gasteiger partial charge on any atom is -0.497 e. The Hall–Kier alpha value is -1.42. The monoisotopic (exact) mass is 313 g/mol. The maximum absolute atomic E-state index is 12.2. The van der Waals surface area contributed by atoms with Crippen molar-refractivity contribution in [2.45, 2.75) is 32.6 Å². The van der Waals surface area contributed by atoms with Gasteiger partial charge in [-0.3, -0.25) is 4.79 Å². The number of methoxy groups -OCH3 is 2. The fourth-order valence-corrected chi connectivity index (χ4v) is 2.52. The van der Waals surface area contributed by atoms with Gasteiger partial charge in [0.15, 0.2) is 0 Å². The smallest absolute Gasteiger partial charge is 0.251 e. The van der Waals surface area contributed by atoms with Crippen LogP contribution in [0.5, 0.6) is 11.5 Å². The van der Waals surface area contributed by atoms with E-state index in [0.717, 1.165) is 6.42 Å². The molecule has 0 aromatic heterocycles. The molecule has 0 spiro atoms. The molecule has 0 aliphatic heterocycles. The van der Waals surface area contributed by atoms with Crippen molar-refractivity contribution >= 4 is 17.5 Å². The highest BCUT2D eigenvalue weighted by atomic mass is 35.5. The second-order valence-electron chi connectivity index (χ2n) is 6.17. The summed E-state index contributed by atoms with van der Waals surface area (Å²) >= 11 is 6.25. The van der Waals surface area contributed by atoms with Crippen LogP contribution in [0.1, 0.15) is 37.6 Å². The van der Waals surface area contributed by atoms with Crippen molar-refractivity contribution in [3.05, 3.63) is 23.8 Å². The Balaban J connectivity index is 2.67. The van der Waals surface area contributed by atoms with Crippen molar-refractivity contribution in [2.75, 3.05) is 20.8 Å². The van der Waals surface area contributed by atoms with Gasteiger partial charge in [0, 0.05) is 18.2 Å². The molecule has 0 radical (unpaired) electrons. The summed E-state index contributed by atoms with van der Waals surface area (Å²) in [7, 11) is 3.10. The van der Waals surface area contributed by atoms with Crippen LogP contribution in [0, 0.1) is 5.41 Å². The molecule has 1 unspecified atom stereocenters. The Morgan fingerprint density at radius 3 is 2.14 bits per heavy atom. The SMILES string of the molecule is COc1cc(OC)cc(C(=O)NCC(Cl)CC(C)(C)C)c1. The number of amides is 1. The number of nitrogens with one attached hydrogen (secondary N) is 1. The lowest BCUT2D eigenvalue weighted by Crippen LogP contribution is -2.31. The Kier molecular flexibility index (Phi) is 6.34. The number of halogens is 1. The Bertz CT molecular complexity index is 461. The van der Waals surface area contributed by atoms with Gasteiger partial charge in [-0.25, -0.2) is 0 Å². The fraction of sp³-hybridized carbons (Fsp3) is 0.562. The van der Waals surface area contributed by atoms with Crippen molar-refractivity contribution in [3.63, 3.8) is 0 Å². The molecule has 1 amide bonds. The molecule has 1 rings (SSSR count). The third-order valence-corrected chi connectivity index (χ3v) is 3.24. The van der Waals surface area contributed by atoms with Crippen molar-refractivity contribution in [2.24, 2.45) is 5.41 Å². The summed E-state index contributed by atoms with van der Waals surface area (Å²) in [4.78, 5) is 12.2. The highest BCUT2D eigenvalue weighted by Gasteiger charge is 2.18. The molecular formula is C16H24ClNO3. The van der Waals surface area contributed by atoms with Crippen molar-refractivity contribution in [1.82, 2.24) is 5.32 Å². The second kappa shape index (κ2) is 7.55. The number of hydrogen-bond acceptors (Lipinski definition) is 3. The first-order chi connectivity index (χ1) is 9.75. The van der Waals surface area contributed by atoms with E-state index in [1.54, 1.807) is 32.4 Å². The van der Waals surface area contributed by atoms with Crippen LogP contribution in [0.4, 0.5) is 0 Å². The van der Waals surface area contributed by atoms with Crippen LogP contribution in [0.25, 0.3) is 0 Å². The summed E-state index contributed by atoms with van der Waals surface area (Å²) in [5, 5.41) is 2.75. The first-order valence-corrected chi connectivity index (χ1v) is 7.34. The average molecular weight is 314 g/mol. The van der Waals surface area contributed by atoms with Crippen molar-refractivity contribution in [3.8, 4) is 11.5 Å². The zero-order valence-electron chi connectivity index (χ0n) is 13.3. The standard InChI is InChI=1S/C16H24ClNO3/c1-16(2,3)9-12(17)10-18-15(19)11-6-13(20-4)8-14(7-11)21-5/h6-8,12H,9-10H2,1-5H3,(H,18,19). The lowest BCUT2D eigenvalue weighted by Gasteiger charge is -2.22. The third-order valence-electron chi connectivity index (χ3n) is 2.93. The first-order valence-electron chi connectivity index (χ1n) is 6.90. The fourth-order valence-electron chi connectivity index (χ4n) is 1.98. The van der Waals surface area contributed by atoms with Gasteiger partial charge in [-0.1, -0.05) is 20.8 Å². The van der Waals surface area contributed by atoms with E-state index in [0.29, 0.717) is 23.6 Å². The molecule has 0 saturated carbocycles. The largest absolute Gasteiger partial charge is 0.497 e. The summed E-state index contributed by atoms with van der Waals surface area (Å²) in [5.41, 5.74) is 0.627. The Labute approximate surface area is 131 Å². The zero-order chi connectivity index (χ0) is 16.0. The first kappa shape index (κ1) is 17.6. The summed E-state index contributed by atoms with van der Waals surface area (Å²) in [6.45, 7) is 6.79. The van der Waals surface area contributed by atoms with E-state index in [2.05, 4.69) is 26.1 Å². The molecule has 0 aliphatic carbocycles. The minimum atomic E-state index is -0.188. The van der Waals surface area contributed by atoms with Gasteiger partial charge in [0.1, 0.15) is 11.5 Å². The highest BCUT2D eigenvalue weighted by Crippen LogP contribution is 2.24. The van der Waals surface area contributed by atoms with Gasteiger partial charge < -0.3 is 14.8 Å². The molecule has 0 fully saturated rings. The Morgan fingerprint density at radius 2 is 1.71 bits per heavy atom. The quantitative estimate of drug-likeness (QED) is 0.818. The topological polar surface area (TPSA) is 47.6 Å². The number of rotatable bonds is 6. The van der Waals surface area contributed by atoms with E-state index in [1.165, 1.54) is 0 Å². The summed E-state index contributed by atoms with van der Waals surface area (Å²) in [5.74, 6) is 0.972. The number of carbonyl (C=O) groups is 1. The zero-order valence-corrected chi connectivity index (χ0v) is 14.1. The third kappa shape index (κ3) is 6.25. The van der Waals surface area contributed by atoms with Crippen LogP contribution in [0.3, 0.4) is 0 Å². The molecule has 4 nitrogen and oxygen atoms in total. The van der Waals surface area contributed by atoms with Crippen LogP contribution < -0.4 is 14.8 Å². The van der Waals surface area contributed by atoms with E-state index < -0.39 is 0 Å². The Morgan fingerprint density at radius 1 is 1.19 bits per heavy atom. The number of benzene rings is 1. The normalized spacial score (nSPS) is 12.7. The average Bonchev–Trinajstić information content (AvgIpc) is 2.42. The number of carbonyl (C=O) groups excluding carboxylic acids is 1. The van der Waals surface area contributed by atoms with Crippen LogP contribution in [-0.2, 0) is 0 Å². The summed E-state index contributed by atoms with van der Waals surface area (Å²) in [6.07, 6.45) is 0.830. The summed E-state index contributed by atoms with van der Waals surface area (Å²) < 4.78 is 10.3. The molecule has 0 bridgehead atoms. The molecule has 0 aliphatic rings. The maximum atomic E-state index is 12.2. The van der Waals surface area contributed by atoms with Gasteiger partial charge in [0.05, 0.1) is 19.6 Å². The minimum absolute atomic E-state index is 0.0959. The molecule has 5 heteroatoms. The van der Waals surface area contributed by atoms with Gasteiger partial charge in [-0.15, -0.1) is 11.6 Å². The number of alkyl halides is 1. The van der Waals surface area contributed by atoms with Crippen LogP contribution in [0.15, 0.2) is 18.2 Å². The number of hydrogen-bond donors (Lipinski definition) is 1. The maximum Gasteiger partial charge on any atom is 0.251 e. The molecule has 1 atom stereocenters. The lowest BCUT2D eigenvalue weighted by atomic mass is 9.90. The lowest BCUT2D eigenvalue weighted by molar-refractivity contribution is 0.0951. The van der Waals surface area contributed by atoms with Gasteiger partial charge in [0.2, 0.25) is 0 Å². The van der Waals surface area contributed by atoms with Gasteiger partial charge in [-0.05, 0) is 24.0 Å². The second-order valence-corrected chi connectivity index (χ2v) is 6.79. The molecular weight excluding hydrogens is 290 g/mol. The van der Waals surface area contributed by atoms with Crippen LogP contribution >= 0.6 is 11.6 Å². The number of ether oxygens (including phenoxy) is 2. The molecule has 118 valence electrons. The summed E-state index contributed by atoms with van der Waals surface area (Å²) in [6, 6.07) is 5.07. The van der Waals surface area contributed by atoms with Gasteiger partial charge in [-0.2, -0.15) is 0 Å². The van der Waals surface area contributed by atoms with E-state index in [-0.39, 0.29) is 16.7 Å². The van der Waals surface area contributed by atoms with Crippen LogP contribution in [0.2, 0.25) is 0 Å². The van der Waals surface area contributed by atoms with Gasteiger partial charge in [0.25, 0.3) is 5.91 Å². The molecule has 1 N–H and O–H groups in total.